The molecule has 1 aliphatic rings. The summed E-state index contributed by atoms with van der Waals surface area (Å²) < 4.78 is 36.2. The molecule has 86 valence electrons. The monoisotopic (exact) mass is 242 g/mol. The van der Waals surface area contributed by atoms with Crippen molar-refractivity contribution >= 4 is 17.6 Å². The number of halogens is 4. The first-order valence-corrected chi connectivity index (χ1v) is 4.67. The van der Waals surface area contributed by atoms with Gasteiger partial charge in [-0.1, -0.05) is 24.6 Å². The maximum absolute atomic E-state index is 12.1. The van der Waals surface area contributed by atoms with Crippen LogP contribution in [0, 0.1) is 17.3 Å². The minimum Gasteiger partial charge on any atom is -0.481 e. The van der Waals surface area contributed by atoms with Crippen LogP contribution in [0.3, 0.4) is 0 Å². The first-order valence-electron chi connectivity index (χ1n) is 4.29. The summed E-state index contributed by atoms with van der Waals surface area (Å²) in [5.74, 6) is -2.07. The molecule has 0 heterocycles. The van der Waals surface area contributed by atoms with Crippen molar-refractivity contribution < 1.29 is 23.1 Å². The summed E-state index contributed by atoms with van der Waals surface area (Å²) in [6.07, 6.45) is -3.80. The number of alkyl halides is 3. The molecule has 0 bridgehead atoms. The predicted octanol–water partition coefficient (Wildman–Crippen LogP) is 3.03. The summed E-state index contributed by atoms with van der Waals surface area (Å²) in [6, 6.07) is 0. The molecule has 0 amide bonds. The largest absolute Gasteiger partial charge is 0.481 e. The van der Waals surface area contributed by atoms with Gasteiger partial charge in [0.2, 0.25) is 0 Å². The summed E-state index contributed by atoms with van der Waals surface area (Å²) in [7, 11) is 0. The van der Waals surface area contributed by atoms with Crippen molar-refractivity contribution in [3.63, 3.8) is 0 Å². The summed E-state index contributed by atoms with van der Waals surface area (Å²) in [4.78, 5) is 10.8. The minimum absolute atomic E-state index is 0.328. The number of rotatable bonds is 2. The normalized spacial score (nSPS) is 36.5. The molecule has 0 aliphatic heterocycles. The zero-order valence-corrected chi connectivity index (χ0v) is 8.86. The van der Waals surface area contributed by atoms with Crippen molar-refractivity contribution in [1.82, 2.24) is 0 Å². The van der Waals surface area contributed by atoms with E-state index in [-0.39, 0.29) is 5.92 Å². The van der Waals surface area contributed by atoms with Gasteiger partial charge in [0.1, 0.15) is 5.03 Å². The van der Waals surface area contributed by atoms with E-state index >= 15 is 0 Å². The molecule has 1 N–H and O–H groups in total. The van der Waals surface area contributed by atoms with Gasteiger partial charge >= 0.3 is 12.1 Å². The Hall–Kier alpha value is -0.710. The van der Waals surface area contributed by atoms with Crippen molar-refractivity contribution in [2.45, 2.75) is 20.0 Å². The van der Waals surface area contributed by atoms with Gasteiger partial charge in [-0.25, -0.2) is 0 Å². The number of carboxylic acids is 1. The van der Waals surface area contributed by atoms with Crippen LogP contribution in [0.4, 0.5) is 13.2 Å². The third-order valence-electron chi connectivity index (χ3n) is 3.13. The highest BCUT2D eigenvalue weighted by Gasteiger charge is 2.63. The van der Waals surface area contributed by atoms with E-state index in [4.69, 9.17) is 16.7 Å². The maximum atomic E-state index is 12.1. The average Bonchev–Trinajstić information content (AvgIpc) is 2.57. The molecule has 1 saturated carbocycles. The van der Waals surface area contributed by atoms with E-state index in [1.165, 1.54) is 6.92 Å². The molecule has 6 heteroatoms. The maximum Gasteiger partial charge on any atom is 0.426 e. The smallest absolute Gasteiger partial charge is 0.426 e. The van der Waals surface area contributed by atoms with Gasteiger partial charge < -0.3 is 5.11 Å². The lowest BCUT2D eigenvalue weighted by molar-refractivity contribution is -0.143. The van der Waals surface area contributed by atoms with Crippen molar-refractivity contribution in [1.29, 1.82) is 0 Å². The van der Waals surface area contributed by atoms with Crippen molar-refractivity contribution in [2.75, 3.05) is 0 Å². The fraction of sp³-hybridized carbons (Fsp3) is 0.667. The Morgan fingerprint density at radius 1 is 1.53 bits per heavy atom. The fourth-order valence-electron chi connectivity index (χ4n) is 1.67. The molecule has 0 aromatic rings. The van der Waals surface area contributed by atoms with Gasteiger partial charge in [0, 0.05) is 0 Å². The first-order chi connectivity index (χ1) is 6.61. The fourth-order valence-corrected chi connectivity index (χ4v) is 1.81. The van der Waals surface area contributed by atoms with E-state index in [9.17, 15) is 18.0 Å². The highest BCUT2D eigenvalue weighted by Crippen LogP contribution is 2.60. The van der Waals surface area contributed by atoms with Crippen LogP contribution in [-0.4, -0.2) is 17.3 Å². The Morgan fingerprint density at radius 3 is 2.27 bits per heavy atom. The summed E-state index contributed by atoms with van der Waals surface area (Å²) in [5, 5.41) is 7.57. The molecule has 3 atom stereocenters. The number of allylic oxidation sites excluding steroid dienone is 2. The van der Waals surface area contributed by atoms with Crippen molar-refractivity contribution in [3.05, 3.63) is 11.1 Å². The Morgan fingerprint density at radius 2 is 2.00 bits per heavy atom. The lowest BCUT2D eigenvalue weighted by Gasteiger charge is -2.05. The second kappa shape index (κ2) is 3.40. The Labute approximate surface area is 89.7 Å². The van der Waals surface area contributed by atoms with Gasteiger partial charge in [0.15, 0.2) is 0 Å². The molecular weight excluding hydrogens is 233 g/mol. The number of carboxylic acid groups (broad SMARTS) is 1. The first kappa shape index (κ1) is 12.4. The Balaban J connectivity index is 2.84. The van der Waals surface area contributed by atoms with Crippen LogP contribution in [0.15, 0.2) is 11.1 Å². The third-order valence-corrected chi connectivity index (χ3v) is 3.47. The van der Waals surface area contributed by atoms with Crippen LogP contribution in [-0.2, 0) is 4.79 Å². The number of hydrogen-bond acceptors (Lipinski definition) is 1. The van der Waals surface area contributed by atoms with Crippen LogP contribution < -0.4 is 0 Å². The zero-order chi connectivity index (χ0) is 12.0. The van der Waals surface area contributed by atoms with E-state index in [1.54, 1.807) is 6.92 Å². The molecule has 0 saturated heterocycles. The minimum atomic E-state index is -4.59. The van der Waals surface area contributed by atoms with Gasteiger partial charge in [0.25, 0.3) is 0 Å². The number of hydrogen-bond donors (Lipinski definition) is 1. The molecule has 15 heavy (non-hydrogen) atoms. The number of carbonyl (C=O) groups is 1. The van der Waals surface area contributed by atoms with Crippen LogP contribution in [0.5, 0.6) is 0 Å². The topological polar surface area (TPSA) is 37.3 Å². The molecular formula is C9H10ClF3O2. The quantitative estimate of drug-likeness (QED) is 0.808. The van der Waals surface area contributed by atoms with Crippen LogP contribution in [0.2, 0.25) is 0 Å². The Bertz CT molecular complexity index is 324. The SMILES string of the molecule is CC1C(C=C(Cl)C(F)(F)F)C1(C)C(=O)O. The van der Waals surface area contributed by atoms with E-state index in [2.05, 4.69) is 0 Å². The molecule has 0 radical (unpaired) electrons. The van der Waals surface area contributed by atoms with Crippen molar-refractivity contribution in [2.24, 2.45) is 17.3 Å². The average molecular weight is 243 g/mol. The van der Waals surface area contributed by atoms with E-state index in [0.717, 1.165) is 6.08 Å². The van der Waals surface area contributed by atoms with Crippen LogP contribution in [0.25, 0.3) is 0 Å². The van der Waals surface area contributed by atoms with E-state index < -0.39 is 28.5 Å². The second-order valence-corrected chi connectivity index (χ2v) is 4.32. The summed E-state index contributed by atoms with van der Waals surface area (Å²) in [6.45, 7) is 3.01. The molecule has 0 spiro atoms. The summed E-state index contributed by atoms with van der Waals surface area (Å²) >= 11 is 5.03. The summed E-state index contributed by atoms with van der Waals surface area (Å²) in [5.41, 5.74) is -1.12. The molecule has 1 fully saturated rings. The van der Waals surface area contributed by atoms with Gasteiger partial charge in [-0.05, 0) is 18.8 Å². The third kappa shape index (κ3) is 1.97. The molecule has 0 aromatic carbocycles. The molecule has 1 aliphatic carbocycles. The standard InChI is InChI=1S/C9H10ClF3O2/c1-4-5(8(4,2)7(14)15)3-6(10)9(11,12)13/h3-5H,1-2H3,(H,14,15). The van der Waals surface area contributed by atoms with E-state index in [0.29, 0.717) is 0 Å². The lowest BCUT2D eigenvalue weighted by atomic mass is 10.1. The van der Waals surface area contributed by atoms with Crippen LogP contribution >= 0.6 is 11.6 Å². The molecule has 3 unspecified atom stereocenters. The highest BCUT2D eigenvalue weighted by molar-refractivity contribution is 6.30. The number of aliphatic carboxylic acids is 1. The van der Waals surface area contributed by atoms with Crippen molar-refractivity contribution in [3.8, 4) is 0 Å². The Kier molecular flexibility index (Phi) is 2.80. The second-order valence-electron chi connectivity index (χ2n) is 3.91. The molecule has 0 aromatic heterocycles. The predicted molar refractivity (Wildman–Crippen MR) is 48.4 cm³/mol. The zero-order valence-electron chi connectivity index (χ0n) is 8.10. The highest BCUT2D eigenvalue weighted by atomic mass is 35.5. The van der Waals surface area contributed by atoms with Gasteiger partial charge in [0.05, 0.1) is 5.41 Å². The van der Waals surface area contributed by atoms with E-state index in [1.807, 2.05) is 0 Å². The van der Waals surface area contributed by atoms with Gasteiger partial charge in [-0.3, -0.25) is 4.79 Å². The molecule has 1 rings (SSSR count). The van der Waals surface area contributed by atoms with Gasteiger partial charge in [-0.15, -0.1) is 0 Å². The lowest BCUT2D eigenvalue weighted by Crippen LogP contribution is -2.14. The van der Waals surface area contributed by atoms with Gasteiger partial charge in [-0.2, -0.15) is 13.2 Å². The molecule has 2 nitrogen and oxygen atoms in total. The van der Waals surface area contributed by atoms with Crippen LogP contribution in [0.1, 0.15) is 13.8 Å².